The van der Waals surface area contributed by atoms with Crippen LogP contribution in [0.3, 0.4) is 0 Å². The number of carbonyl (C=O) groups is 1. The molecule has 0 saturated heterocycles. The fourth-order valence-electron chi connectivity index (χ4n) is 1.34. The van der Waals surface area contributed by atoms with Crippen LogP contribution in [0.4, 0.5) is 0 Å². The summed E-state index contributed by atoms with van der Waals surface area (Å²) in [6.45, 7) is 9.23. The molecule has 0 bridgehead atoms. The SMILES string of the molecule is C=CCN(Cc1ccsc1)C(=O)CSC(C)C. The first-order valence-corrected chi connectivity index (χ1v) is 7.64. The molecule has 1 aromatic heterocycles. The van der Waals surface area contributed by atoms with Crippen molar-refractivity contribution in [3.8, 4) is 0 Å². The van der Waals surface area contributed by atoms with Gasteiger partial charge in [0, 0.05) is 13.1 Å². The molecule has 0 atom stereocenters. The Morgan fingerprint density at radius 3 is 2.94 bits per heavy atom. The third-order valence-electron chi connectivity index (χ3n) is 2.20. The van der Waals surface area contributed by atoms with Crippen molar-refractivity contribution in [1.29, 1.82) is 0 Å². The summed E-state index contributed by atoms with van der Waals surface area (Å²) in [5, 5.41) is 4.61. The van der Waals surface area contributed by atoms with Crippen LogP contribution in [0.15, 0.2) is 29.5 Å². The van der Waals surface area contributed by atoms with Gasteiger partial charge >= 0.3 is 0 Å². The van der Waals surface area contributed by atoms with Gasteiger partial charge < -0.3 is 4.90 Å². The van der Waals surface area contributed by atoms with Crippen LogP contribution in [0.1, 0.15) is 19.4 Å². The number of hydrogen-bond donors (Lipinski definition) is 0. The molecule has 17 heavy (non-hydrogen) atoms. The minimum atomic E-state index is 0.190. The predicted molar refractivity (Wildman–Crippen MR) is 77.5 cm³/mol. The lowest BCUT2D eigenvalue weighted by Crippen LogP contribution is -2.32. The van der Waals surface area contributed by atoms with Gasteiger partial charge in [-0.3, -0.25) is 4.79 Å². The van der Waals surface area contributed by atoms with E-state index >= 15 is 0 Å². The minimum absolute atomic E-state index is 0.190. The molecule has 0 saturated carbocycles. The van der Waals surface area contributed by atoms with Gasteiger partial charge in [0.25, 0.3) is 0 Å². The molecule has 0 N–H and O–H groups in total. The second kappa shape index (κ2) is 7.56. The molecule has 94 valence electrons. The molecule has 0 spiro atoms. The van der Waals surface area contributed by atoms with Gasteiger partial charge in [-0.15, -0.1) is 18.3 Å². The van der Waals surface area contributed by atoms with Crippen molar-refractivity contribution in [2.45, 2.75) is 25.6 Å². The van der Waals surface area contributed by atoms with Crippen molar-refractivity contribution in [2.75, 3.05) is 12.3 Å². The van der Waals surface area contributed by atoms with E-state index in [-0.39, 0.29) is 5.91 Å². The Kier molecular flexibility index (Phi) is 6.37. The molecule has 1 aromatic rings. The highest BCUT2D eigenvalue weighted by atomic mass is 32.2. The van der Waals surface area contributed by atoms with Crippen molar-refractivity contribution in [2.24, 2.45) is 0 Å². The first kappa shape index (κ1) is 14.3. The molecule has 0 radical (unpaired) electrons. The monoisotopic (exact) mass is 269 g/mol. The Labute approximate surface area is 112 Å². The van der Waals surface area contributed by atoms with E-state index in [1.54, 1.807) is 29.2 Å². The quantitative estimate of drug-likeness (QED) is 0.707. The van der Waals surface area contributed by atoms with E-state index in [9.17, 15) is 4.79 Å². The van der Waals surface area contributed by atoms with Crippen LogP contribution in [0.25, 0.3) is 0 Å². The Bertz CT molecular complexity index is 346. The predicted octanol–water partition coefficient (Wildman–Crippen LogP) is 3.40. The number of amides is 1. The summed E-state index contributed by atoms with van der Waals surface area (Å²) in [6, 6.07) is 2.06. The van der Waals surface area contributed by atoms with Crippen molar-refractivity contribution in [3.63, 3.8) is 0 Å². The van der Waals surface area contributed by atoms with E-state index in [1.165, 1.54) is 5.56 Å². The lowest BCUT2D eigenvalue weighted by molar-refractivity contribution is -0.128. The van der Waals surface area contributed by atoms with Gasteiger partial charge in [-0.25, -0.2) is 0 Å². The summed E-state index contributed by atoms with van der Waals surface area (Å²) < 4.78 is 0. The fraction of sp³-hybridized carbons (Fsp3) is 0.462. The van der Waals surface area contributed by atoms with Gasteiger partial charge in [0.05, 0.1) is 5.75 Å². The zero-order valence-corrected chi connectivity index (χ0v) is 12.0. The highest BCUT2D eigenvalue weighted by molar-refractivity contribution is 8.00. The third kappa shape index (κ3) is 5.41. The molecule has 0 aliphatic carbocycles. The lowest BCUT2D eigenvalue weighted by Gasteiger charge is -2.21. The molecule has 0 unspecified atom stereocenters. The zero-order valence-electron chi connectivity index (χ0n) is 10.4. The Balaban J connectivity index is 2.52. The standard InChI is InChI=1S/C13H19NOS2/c1-4-6-14(8-12-5-7-16-9-12)13(15)10-17-11(2)3/h4-5,7,9,11H,1,6,8,10H2,2-3H3. The molecule has 0 aromatic carbocycles. The average molecular weight is 269 g/mol. The first-order chi connectivity index (χ1) is 8.13. The molecule has 1 heterocycles. The van der Waals surface area contributed by atoms with Crippen LogP contribution in [0.5, 0.6) is 0 Å². The molecule has 1 amide bonds. The van der Waals surface area contributed by atoms with Gasteiger partial charge in [0.1, 0.15) is 0 Å². The summed E-state index contributed by atoms with van der Waals surface area (Å²) in [5.41, 5.74) is 1.19. The van der Waals surface area contributed by atoms with Crippen LogP contribution in [-0.2, 0) is 11.3 Å². The Morgan fingerprint density at radius 1 is 1.65 bits per heavy atom. The molecule has 0 aliphatic heterocycles. The largest absolute Gasteiger partial charge is 0.334 e. The van der Waals surface area contributed by atoms with E-state index < -0.39 is 0 Å². The van der Waals surface area contributed by atoms with E-state index in [4.69, 9.17) is 0 Å². The number of hydrogen-bond acceptors (Lipinski definition) is 3. The fourth-order valence-corrected chi connectivity index (χ4v) is 2.66. The summed E-state index contributed by atoms with van der Waals surface area (Å²) in [6.07, 6.45) is 1.78. The van der Waals surface area contributed by atoms with E-state index in [2.05, 4.69) is 31.9 Å². The van der Waals surface area contributed by atoms with E-state index in [1.807, 2.05) is 10.3 Å². The van der Waals surface area contributed by atoms with Crippen LogP contribution < -0.4 is 0 Å². The third-order valence-corrected chi connectivity index (χ3v) is 4.01. The number of thiophene rings is 1. The molecular formula is C13H19NOS2. The van der Waals surface area contributed by atoms with E-state index in [0.29, 0.717) is 24.1 Å². The summed E-state index contributed by atoms with van der Waals surface area (Å²) in [7, 11) is 0. The highest BCUT2D eigenvalue weighted by Gasteiger charge is 2.13. The van der Waals surface area contributed by atoms with Crippen molar-refractivity contribution < 1.29 is 4.79 Å². The molecule has 1 rings (SSSR count). The van der Waals surface area contributed by atoms with Gasteiger partial charge in [-0.05, 0) is 27.6 Å². The summed E-state index contributed by atoms with van der Waals surface area (Å²) in [4.78, 5) is 13.9. The highest BCUT2D eigenvalue weighted by Crippen LogP contribution is 2.13. The Hall–Kier alpha value is -0.740. The molecule has 2 nitrogen and oxygen atoms in total. The maximum Gasteiger partial charge on any atom is 0.233 e. The van der Waals surface area contributed by atoms with Crippen LogP contribution in [0, 0.1) is 0 Å². The first-order valence-electron chi connectivity index (χ1n) is 5.64. The summed E-state index contributed by atoms with van der Waals surface area (Å²) >= 11 is 3.34. The van der Waals surface area contributed by atoms with Crippen molar-refractivity contribution in [1.82, 2.24) is 4.90 Å². The van der Waals surface area contributed by atoms with Crippen molar-refractivity contribution >= 4 is 29.0 Å². The molecule has 0 aliphatic rings. The maximum atomic E-state index is 12.0. The van der Waals surface area contributed by atoms with Crippen LogP contribution in [0.2, 0.25) is 0 Å². The maximum absolute atomic E-state index is 12.0. The average Bonchev–Trinajstić information content (AvgIpc) is 2.78. The number of nitrogens with zero attached hydrogens (tertiary/aromatic N) is 1. The topological polar surface area (TPSA) is 20.3 Å². The summed E-state index contributed by atoms with van der Waals surface area (Å²) in [5.74, 6) is 0.741. The lowest BCUT2D eigenvalue weighted by atomic mass is 10.3. The number of rotatable bonds is 7. The molecule has 0 fully saturated rings. The van der Waals surface area contributed by atoms with Crippen LogP contribution >= 0.6 is 23.1 Å². The molecular weight excluding hydrogens is 250 g/mol. The van der Waals surface area contributed by atoms with Gasteiger partial charge in [-0.2, -0.15) is 11.3 Å². The van der Waals surface area contributed by atoms with Gasteiger partial charge in [0.2, 0.25) is 5.91 Å². The van der Waals surface area contributed by atoms with E-state index in [0.717, 1.165) is 0 Å². The second-order valence-corrected chi connectivity index (χ2v) is 6.40. The Morgan fingerprint density at radius 2 is 2.41 bits per heavy atom. The van der Waals surface area contributed by atoms with Crippen molar-refractivity contribution in [3.05, 3.63) is 35.0 Å². The van der Waals surface area contributed by atoms with Gasteiger partial charge in [-0.1, -0.05) is 19.9 Å². The number of carbonyl (C=O) groups excluding carboxylic acids is 1. The minimum Gasteiger partial charge on any atom is -0.334 e. The molecule has 4 heteroatoms. The van der Waals surface area contributed by atoms with Crippen LogP contribution in [-0.4, -0.2) is 28.4 Å². The second-order valence-electron chi connectivity index (χ2n) is 4.05. The number of thioether (sulfide) groups is 1. The smallest absolute Gasteiger partial charge is 0.233 e. The zero-order chi connectivity index (χ0) is 12.7. The normalized spacial score (nSPS) is 10.5. The van der Waals surface area contributed by atoms with Gasteiger partial charge in [0.15, 0.2) is 0 Å².